The third-order valence-electron chi connectivity index (χ3n) is 2.64. The van der Waals surface area contributed by atoms with Crippen molar-refractivity contribution in [2.24, 2.45) is 0 Å². The molecule has 18 heavy (non-hydrogen) atoms. The van der Waals surface area contributed by atoms with Gasteiger partial charge in [0.05, 0.1) is 6.10 Å². The van der Waals surface area contributed by atoms with Crippen molar-refractivity contribution in [3.05, 3.63) is 29.8 Å². The lowest BCUT2D eigenvalue weighted by Gasteiger charge is -2.20. The van der Waals surface area contributed by atoms with Crippen molar-refractivity contribution in [3.8, 4) is 0 Å². The first-order chi connectivity index (χ1) is 8.56. The highest BCUT2D eigenvalue weighted by Crippen LogP contribution is 2.28. The monoisotopic (exact) mass is 269 g/mol. The Hall–Kier alpha value is -1.04. The van der Waals surface area contributed by atoms with E-state index in [0.717, 1.165) is 10.5 Å². The average Bonchev–Trinajstić information content (AvgIpc) is 2.37. The van der Waals surface area contributed by atoms with E-state index in [1.165, 1.54) is 18.7 Å². The number of rotatable bonds is 6. The Morgan fingerprint density at radius 1 is 1.39 bits per heavy atom. The standard InChI is InChI=1S/C13H19NO3S/c1-9(15)14-8-7-11(16)13(17)10-5-3-4-6-12(10)18-2/h3-6,11,13,16-17H,7-8H2,1-2H3,(H,14,15). The molecule has 1 aromatic rings. The van der Waals surface area contributed by atoms with Gasteiger partial charge in [-0.3, -0.25) is 4.79 Å². The van der Waals surface area contributed by atoms with Crippen LogP contribution in [0, 0.1) is 0 Å². The Balaban J connectivity index is 2.62. The van der Waals surface area contributed by atoms with Crippen molar-refractivity contribution in [2.75, 3.05) is 12.8 Å². The van der Waals surface area contributed by atoms with Gasteiger partial charge in [-0.25, -0.2) is 0 Å². The van der Waals surface area contributed by atoms with Crippen LogP contribution in [0.4, 0.5) is 0 Å². The van der Waals surface area contributed by atoms with Gasteiger partial charge in [-0.1, -0.05) is 18.2 Å². The smallest absolute Gasteiger partial charge is 0.216 e. The zero-order valence-corrected chi connectivity index (χ0v) is 11.4. The summed E-state index contributed by atoms with van der Waals surface area (Å²) in [7, 11) is 0. The molecule has 5 heteroatoms. The van der Waals surface area contributed by atoms with E-state index in [9.17, 15) is 15.0 Å². The molecule has 0 radical (unpaired) electrons. The summed E-state index contributed by atoms with van der Waals surface area (Å²) in [4.78, 5) is 11.7. The van der Waals surface area contributed by atoms with Crippen LogP contribution in [0.5, 0.6) is 0 Å². The SMILES string of the molecule is CSc1ccccc1C(O)C(O)CCNC(C)=O. The minimum absolute atomic E-state index is 0.138. The van der Waals surface area contributed by atoms with Gasteiger partial charge in [-0.15, -0.1) is 11.8 Å². The normalized spacial score (nSPS) is 14.0. The first-order valence-corrected chi connectivity index (χ1v) is 7.02. The molecule has 0 bridgehead atoms. The summed E-state index contributed by atoms with van der Waals surface area (Å²) in [5.74, 6) is -0.138. The molecule has 0 aliphatic heterocycles. The molecule has 100 valence electrons. The quantitative estimate of drug-likeness (QED) is 0.681. The summed E-state index contributed by atoms with van der Waals surface area (Å²) in [5, 5.41) is 22.6. The summed E-state index contributed by atoms with van der Waals surface area (Å²) >= 11 is 1.53. The Morgan fingerprint density at radius 3 is 2.67 bits per heavy atom. The molecule has 0 heterocycles. The Bertz CT molecular complexity index is 398. The van der Waals surface area contributed by atoms with Crippen molar-refractivity contribution in [1.29, 1.82) is 0 Å². The molecular weight excluding hydrogens is 250 g/mol. The number of carbonyl (C=O) groups excluding carboxylic acids is 1. The lowest BCUT2D eigenvalue weighted by Crippen LogP contribution is -2.27. The lowest BCUT2D eigenvalue weighted by molar-refractivity contribution is -0.119. The van der Waals surface area contributed by atoms with E-state index in [2.05, 4.69) is 5.32 Å². The van der Waals surface area contributed by atoms with Crippen molar-refractivity contribution in [1.82, 2.24) is 5.32 Å². The summed E-state index contributed by atoms with van der Waals surface area (Å²) in [6.07, 6.45) is 0.436. The van der Waals surface area contributed by atoms with Crippen LogP contribution in [0.2, 0.25) is 0 Å². The van der Waals surface area contributed by atoms with Gasteiger partial charge in [0.1, 0.15) is 6.10 Å². The van der Waals surface area contributed by atoms with Crippen LogP contribution in [0.3, 0.4) is 0 Å². The molecule has 2 atom stereocenters. The van der Waals surface area contributed by atoms with Crippen molar-refractivity contribution >= 4 is 17.7 Å². The summed E-state index contributed by atoms with van der Waals surface area (Å²) in [6.45, 7) is 1.78. The fourth-order valence-corrected chi connectivity index (χ4v) is 2.31. The molecule has 3 N–H and O–H groups in total. The molecule has 4 nitrogen and oxygen atoms in total. The van der Waals surface area contributed by atoms with Gasteiger partial charge in [-0.2, -0.15) is 0 Å². The van der Waals surface area contributed by atoms with Gasteiger partial charge >= 0.3 is 0 Å². The number of hydrogen-bond donors (Lipinski definition) is 3. The van der Waals surface area contributed by atoms with Gasteiger partial charge in [0.15, 0.2) is 0 Å². The van der Waals surface area contributed by atoms with Gasteiger partial charge in [0.2, 0.25) is 5.91 Å². The number of benzene rings is 1. The topological polar surface area (TPSA) is 69.6 Å². The number of aliphatic hydroxyl groups is 2. The van der Waals surface area contributed by atoms with E-state index in [-0.39, 0.29) is 5.91 Å². The van der Waals surface area contributed by atoms with Crippen LogP contribution in [0.1, 0.15) is 25.0 Å². The van der Waals surface area contributed by atoms with Crippen LogP contribution in [-0.2, 0) is 4.79 Å². The van der Waals surface area contributed by atoms with Gasteiger partial charge in [-0.05, 0) is 24.3 Å². The average molecular weight is 269 g/mol. The minimum atomic E-state index is -0.928. The zero-order chi connectivity index (χ0) is 13.5. The lowest BCUT2D eigenvalue weighted by atomic mass is 10.0. The minimum Gasteiger partial charge on any atom is -0.390 e. The second kappa shape index (κ2) is 7.41. The van der Waals surface area contributed by atoms with Crippen LogP contribution in [0.25, 0.3) is 0 Å². The predicted molar refractivity (Wildman–Crippen MR) is 72.5 cm³/mol. The van der Waals surface area contributed by atoms with E-state index in [1.54, 1.807) is 6.07 Å². The van der Waals surface area contributed by atoms with Crippen molar-refractivity contribution < 1.29 is 15.0 Å². The molecular formula is C13H19NO3S. The summed E-state index contributed by atoms with van der Waals surface area (Å²) in [6, 6.07) is 7.44. The molecule has 0 saturated carbocycles. The maximum Gasteiger partial charge on any atom is 0.216 e. The van der Waals surface area contributed by atoms with E-state index in [0.29, 0.717) is 13.0 Å². The first kappa shape index (κ1) is 15.0. The van der Waals surface area contributed by atoms with Crippen LogP contribution >= 0.6 is 11.8 Å². The molecule has 0 aromatic heterocycles. The molecule has 1 rings (SSSR count). The molecule has 0 aliphatic carbocycles. The maximum absolute atomic E-state index is 10.7. The van der Waals surface area contributed by atoms with Gasteiger partial charge in [0.25, 0.3) is 0 Å². The molecule has 1 aromatic carbocycles. The Morgan fingerprint density at radius 2 is 2.06 bits per heavy atom. The number of carbonyl (C=O) groups is 1. The van der Waals surface area contributed by atoms with E-state index < -0.39 is 12.2 Å². The molecule has 2 unspecified atom stereocenters. The fraction of sp³-hybridized carbons (Fsp3) is 0.462. The highest BCUT2D eigenvalue weighted by Gasteiger charge is 2.20. The molecule has 0 aliphatic rings. The van der Waals surface area contributed by atoms with Gasteiger partial charge in [0, 0.05) is 18.4 Å². The number of nitrogens with one attached hydrogen (secondary N) is 1. The Kier molecular flexibility index (Phi) is 6.18. The highest BCUT2D eigenvalue weighted by molar-refractivity contribution is 7.98. The van der Waals surface area contributed by atoms with Crippen molar-refractivity contribution in [3.63, 3.8) is 0 Å². The molecule has 0 spiro atoms. The molecule has 0 fully saturated rings. The number of amides is 1. The summed E-state index contributed by atoms with van der Waals surface area (Å²) < 4.78 is 0. The second-order valence-electron chi connectivity index (χ2n) is 4.03. The highest BCUT2D eigenvalue weighted by atomic mass is 32.2. The first-order valence-electron chi connectivity index (χ1n) is 5.79. The molecule has 1 amide bonds. The summed E-state index contributed by atoms with van der Waals surface area (Å²) in [5.41, 5.74) is 0.723. The third-order valence-corrected chi connectivity index (χ3v) is 3.45. The van der Waals surface area contributed by atoms with Crippen LogP contribution in [-0.4, -0.2) is 35.0 Å². The third kappa shape index (κ3) is 4.33. The molecule has 0 saturated heterocycles. The van der Waals surface area contributed by atoms with Crippen LogP contribution < -0.4 is 5.32 Å². The number of thioether (sulfide) groups is 1. The number of aliphatic hydroxyl groups excluding tert-OH is 2. The zero-order valence-electron chi connectivity index (χ0n) is 10.6. The number of hydrogen-bond acceptors (Lipinski definition) is 4. The maximum atomic E-state index is 10.7. The predicted octanol–water partition coefficient (Wildman–Crippen LogP) is 1.33. The second-order valence-corrected chi connectivity index (χ2v) is 4.87. The van der Waals surface area contributed by atoms with Crippen molar-refractivity contribution in [2.45, 2.75) is 30.4 Å². The van der Waals surface area contributed by atoms with E-state index >= 15 is 0 Å². The van der Waals surface area contributed by atoms with Gasteiger partial charge < -0.3 is 15.5 Å². The largest absolute Gasteiger partial charge is 0.390 e. The fourth-order valence-electron chi connectivity index (χ4n) is 1.67. The van der Waals surface area contributed by atoms with E-state index in [4.69, 9.17) is 0 Å². The Labute approximate surface area is 111 Å². The van der Waals surface area contributed by atoms with E-state index in [1.807, 2.05) is 24.5 Å². The van der Waals surface area contributed by atoms with Crippen LogP contribution in [0.15, 0.2) is 29.2 Å².